The molecule has 1 aromatic rings. The number of ether oxygens (including phenoxy) is 1. The second kappa shape index (κ2) is 5.58. The average Bonchev–Trinajstić information content (AvgIpc) is 2.41. The van der Waals surface area contributed by atoms with E-state index in [1.807, 2.05) is 0 Å². The molecule has 18 heavy (non-hydrogen) atoms. The predicted octanol–water partition coefficient (Wildman–Crippen LogP) is 1.36. The van der Waals surface area contributed by atoms with Gasteiger partial charge in [0.05, 0.1) is 12.3 Å². The fourth-order valence-electron chi connectivity index (χ4n) is 2.04. The smallest absolute Gasteiger partial charge is 0.186 e. The largest absolute Gasteiger partial charge is 0.371 e. The molecule has 5 nitrogen and oxygen atoms in total. The summed E-state index contributed by atoms with van der Waals surface area (Å²) in [5.74, 6) is 0.385. The van der Waals surface area contributed by atoms with Gasteiger partial charge < -0.3 is 10.1 Å². The highest BCUT2D eigenvalue weighted by molar-refractivity contribution is 5.37. The maximum atomic E-state index is 13.7. The Labute approximate surface area is 106 Å². The molecule has 1 fully saturated rings. The molecule has 1 aliphatic rings. The minimum Gasteiger partial charge on any atom is -0.371 e. The topological polar surface area (TPSA) is 50.3 Å². The number of hydrogen-bond acceptors (Lipinski definition) is 5. The molecule has 6 heteroatoms. The summed E-state index contributed by atoms with van der Waals surface area (Å²) >= 11 is 0. The lowest BCUT2D eigenvalue weighted by Gasteiger charge is -2.31. The van der Waals surface area contributed by atoms with Crippen molar-refractivity contribution in [1.82, 2.24) is 14.9 Å². The van der Waals surface area contributed by atoms with Crippen LogP contribution in [-0.2, 0) is 4.74 Å². The van der Waals surface area contributed by atoms with E-state index in [2.05, 4.69) is 27.1 Å². The van der Waals surface area contributed by atoms with Crippen LogP contribution in [0.5, 0.6) is 0 Å². The molecule has 0 spiro atoms. The van der Waals surface area contributed by atoms with E-state index in [0.29, 0.717) is 18.1 Å². The van der Waals surface area contributed by atoms with E-state index in [9.17, 15) is 4.39 Å². The Balaban J connectivity index is 2.24. The van der Waals surface area contributed by atoms with Gasteiger partial charge in [0.1, 0.15) is 6.10 Å². The number of nitrogens with one attached hydrogen (secondary N) is 1. The quantitative estimate of drug-likeness (QED) is 0.882. The van der Waals surface area contributed by atoms with Gasteiger partial charge in [-0.25, -0.2) is 14.4 Å². The van der Waals surface area contributed by atoms with Crippen LogP contribution < -0.4 is 5.32 Å². The summed E-state index contributed by atoms with van der Waals surface area (Å²) in [5.41, 5.74) is 0.349. The van der Waals surface area contributed by atoms with E-state index in [-0.39, 0.29) is 11.9 Å². The lowest BCUT2D eigenvalue weighted by molar-refractivity contribution is -0.0326. The standard InChI is InChI=1S/C12H19FN4O/c1-4-17-5-6-18-9(7-17)11-15-8(2)10(13)12(14-3)16-11/h9H,4-7H2,1-3H3,(H,14,15,16). The van der Waals surface area contributed by atoms with Crippen LogP contribution in [0.2, 0.25) is 0 Å². The van der Waals surface area contributed by atoms with Crippen LogP contribution >= 0.6 is 0 Å². The third-order valence-electron chi connectivity index (χ3n) is 3.16. The first-order valence-electron chi connectivity index (χ1n) is 6.21. The highest BCUT2D eigenvalue weighted by atomic mass is 19.1. The van der Waals surface area contributed by atoms with Crippen LogP contribution in [0.1, 0.15) is 24.5 Å². The Hall–Kier alpha value is -1.27. The van der Waals surface area contributed by atoms with Gasteiger partial charge >= 0.3 is 0 Å². The summed E-state index contributed by atoms with van der Waals surface area (Å²) in [4.78, 5) is 10.7. The van der Waals surface area contributed by atoms with Gasteiger partial charge in [-0.05, 0) is 13.5 Å². The van der Waals surface area contributed by atoms with E-state index < -0.39 is 5.82 Å². The van der Waals surface area contributed by atoms with Gasteiger partial charge in [-0.2, -0.15) is 0 Å². The summed E-state index contributed by atoms with van der Waals surface area (Å²) < 4.78 is 19.3. The molecule has 1 aromatic heterocycles. The molecular weight excluding hydrogens is 235 g/mol. The molecule has 0 saturated carbocycles. The first kappa shape index (κ1) is 13.2. The summed E-state index contributed by atoms with van der Waals surface area (Å²) in [5, 5.41) is 2.75. The van der Waals surface area contributed by atoms with Crippen molar-refractivity contribution >= 4 is 5.82 Å². The van der Waals surface area contributed by atoms with Crippen molar-refractivity contribution < 1.29 is 9.13 Å². The van der Waals surface area contributed by atoms with Crippen LogP contribution in [0.15, 0.2) is 0 Å². The van der Waals surface area contributed by atoms with Crippen molar-refractivity contribution in [1.29, 1.82) is 0 Å². The summed E-state index contributed by atoms with van der Waals surface area (Å²) in [6.07, 6.45) is -0.176. The zero-order valence-electron chi connectivity index (χ0n) is 11.0. The van der Waals surface area contributed by atoms with Gasteiger partial charge in [0.2, 0.25) is 0 Å². The molecule has 0 aliphatic carbocycles. The molecule has 0 bridgehead atoms. The Bertz CT molecular complexity index is 427. The van der Waals surface area contributed by atoms with Crippen molar-refractivity contribution in [2.75, 3.05) is 38.6 Å². The molecule has 0 radical (unpaired) electrons. The van der Waals surface area contributed by atoms with Crippen molar-refractivity contribution in [2.24, 2.45) is 0 Å². The highest BCUT2D eigenvalue weighted by Crippen LogP contribution is 2.22. The van der Waals surface area contributed by atoms with Crippen LogP contribution in [0.4, 0.5) is 10.2 Å². The molecule has 1 aliphatic heterocycles. The van der Waals surface area contributed by atoms with Gasteiger partial charge in [-0.3, -0.25) is 4.90 Å². The van der Waals surface area contributed by atoms with Crippen LogP contribution in [-0.4, -0.2) is 48.2 Å². The SMILES string of the molecule is CCN1CCOC(c2nc(C)c(F)c(NC)n2)C1. The lowest BCUT2D eigenvalue weighted by atomic mass is 10.2. The van der Waals surface area contributed by atoms with Crippen molar-refractivity contribution in [3.05, 3.63) is 17.3 Å². The third-order valence-corrected chi connectivity index (χ3v) is 3.16. The van der Waals surface area contributed by atoms with Gasteiger partial charge in [0, 0.05) is 20.1 Å². The molecule has 2 rings (SSSR count). The summed E-state index contributed by atoms with van der Waals surface area (Å²) in [7, 11) is 1.65. The summed E-state index contributed by atoms with van der Waals surface area (Å²) in [6.45, 7) is 7.06. The predicted molar refractivity (Wildman–Crippen MR) is 67.1 cm³/mol. The number of likely N-dealkylation sites (N-methyl/N-ethyl adjacent to an activating group) is 1. The van der Waals surface area contributed by atoms with Crippen LogP contribution in [0.25, 0.3) is 0 Å². The number of halogens is 1. The van der Waals surface area contributed by atoms with E-state index in [0.717, 1.165) is 19.6 Å². The van der Waals surface area contributed by atoms with Gasteiger partial charge in [-0.15, -0.1) is 0 Å². The maximum absolute atomic E-state index is 13.7. The molecule has 0 amide bonds. The van der Waals surface area contributed by atoms with Crippen molar-refractivity contribution in [2.45, 2.75) is 20.0 Å². The Kier molecular flexibility index (Phi) is 4.08. The number of aromatic nitrogens is 2. The fraction of sp³-hybridized carbons (Fsp3) is 0.667. The van der Waals surface area contributed by atoms with Crippen molar-refractivity contribution in [3.8, 4) is 0 Å². The maximum Gasteiger partial charge on any atom is 0.186 e. The van der Waals surface area contributed by atoms with Gasteiger partial charge in [0.15, 0.2) is 17.5 Å². The molecule has 100 valence electrons. The molecule has 1 unspecified atom stereocenters. The minimum absolute atomic E-state index is 0.176. The number of aryl methyl sites for hydroxylation is 1. The normalized spacial score (nSPS) is 21.0. The fourth-order valence-corrected chi connectivity index (χ4v) is 2.04. The summed E-state index contributed by atoms with van der Waals surface area (Å²) in [6, 6.07) is 0. The van der Waals surface area contributed by atoms with Gasteiger partial charge in [-0.1, -0.05) is 6.92 Å². The zero-order valence-corrected chi connectivity index (χ0v) is 11.0. The molecule has 1 saturated heterocycles. The van der Waals surface area contributed by atoms with E-state index >= 15 is 0 Å². The molecule has 2 heterocycles. The molecule has 1 atom stereocenters. The number of morpholine rings is 1. The number of rotatable bonds is 3. The average molecular weight is 254 g/mol. The Morgan fingerprint density at radius 3 is 2.94 bits per heavy atom. The highest BCUT2D eigenvalue weighted by Gasteiger charge is 2.25. The number of hydrogen-bond donors (Lipinski definition) is 1. The minimum atomic E-state index is -0.399. The first-order chi connectivity index (χ1) is 8.65. The molecule has 0 aromatic carbocycles. The number of nitrogens with zero attached hydrogens (tertiary/aromatic N) is 3. The van der Waals surface area contributed by atoms with E-state index in [1.165, 1.54) is 0 Å². The Morgan fingerprint density at radius 1 is 1.50 bits per heavy atom. The van der Waals surface area contributed by atoms with Gasteiger partial charge in [0.25, 0.3) is 0 Å². The number of anilines is 1. The second-order valence-electron chi connectivity index (χ2n) is 4.33. The second-order valence-corrected chi connectivity index (χ2v) is 4.33. The lowest BCUT2D eigenvalue weighted by Crippen LogP contribution is -2.38. The van der Waals surface area contributed by atoms with E-state index in [1.54, 1.807) is 14.0 Å². The van der Waals surface area contributed by atoms with E-state index in [4.69, 9.17) is 4.74 Å². The van der Waals surface area contributed by atoms with Crippen LogP contribution in [0, 0.1) is 12.7 Å². The molecule has 1 N–H and O–H groups in total. The molecular formula is C12H19FN4O. The first-order valence-corrected chi connectivity index (χ1v) is 6.21. The zero-order chi connectivity index (χ0) is 13.1. The van der Waals surface area contributed by atoms with Crippen LogP contribution in [0.3, 0.4) is 0 Å². The third kappa shape index (κ3) is 2.59. The van der Waals surface area contributed by atoms with Crippen molar-refractivity contribution in [3.63, 3.8) is 0 Å². The Morgan fingerprint density at radius 2 is 2.28 bits per heavy atom. The monoisotopic (exact) mass is 254 g/mol.